The van der Waals surface area contributed by atoms with Gasteiger partial charge in [-0.15, -0.1) is 0 Å². The molecule has 0 unspecified atom stereocenters. The molecule has 2 rings (SSSR count). The Hall–Kier alpha value is -0.900. The Labute approximate surface area is 116 Å². The molecule has 19 heavy (non-hydrogen) atoms. The van der Waals surface area contributed by atoms with E-state index in [1.165, 1.54) is 11.1 Å². The summed E-state index contributed by atoms with van der Waals surface area (Å²) in [6, 6.07) is 8.97. The number of aliphatic hydroxyl groups excluding tert-OH is 1. The van der Waals surface area contributed by atoms with Gasteiger partial charge >= 0.3 is 0 Å². The number of aliphatic hydroxyl groups is 1. The molecule has 1 fully saturated rings. The van der Waals surface area contributed by atoms with E-state index in [0.717, 1.165) is 26.2 Å². The third-order valence-electron chi connectivity index (χ3n) is 4.02. The van der Waals surface area contributed by atoms with Gasteiger partial charge in [-0.25, -0.2) is 0 Å². The molecular formula is C16H26N2O. The topological polar surface area (TPSA) is 35.5 Å². The SMILES string of the molecule is Cc1cccc([C@H](N2CCNCC2)C(C)(C)CO)c1. The van der Waals surface area contributed by atoms with Gasteiger partial charge in [0.15, 0.2) is 0 Å². The summed E-state index contributed by atoms with van der Waals surface area (Å²) in [5.74, 6) is 0. The van der Waals surface area contributed by atoms with E-state index >= 15 is 0 Å². The highest BCUT2D eigenvalue weighted by Crippen LogP contribution is 2.38. The average molecular weight is 262 g/mol. The predicted molar refractivity (Wildman–Crippen MR) is 79.2 cm³/mol. The van der Waals surface area contributed by atoms with Crippen molar-refractivity contribution in [2.75, 3.05) is 32.8 Å². The first-order valence-electron chi connectivity index (χ1n) is 7.17. The van der Waals surface area contributed by atoms with Crippen LogP contribution in [-0.4, -0.2) is 42.8 Å². The summed E-state index contributed by atoms with van der Waals surface area (Å²) in [6.07, 6.45) is 0. The summed E-state index contributed by atoms with van der Waals surface area (Å²) in [5, 5.41) is 13.2. The number of nitrogens with zero attached hydrogens (tertiary/aromatic N) is 1. The first kappa shape index (κ1) is 14.5. The lowest BCUT2D eigenvalue weighted by Gasteiger charge is -2.43. The van der Waals surface area contributed by atoms with Crippen molar-refractivity contribution in [3.05, 3.63) is 35.4 Å². The molecule has 106 valence electrons. The van der Waals surface area contributed by atoms with Gasteiger partial charge in [0.2, 0.25) is 0 Å². The summed E-state index contributed by atoms with van der Waals surface area (Å²) in [4.78, 5) is 2.50. The number of aryl methyl sites for hydroxylation is 1. The summed E-state index contributed by atoms with van der Waals surface area (Å²) < 4.78 is 0. The van der Waals surface area contributed by atoms with Gasteiger partial charge in [-0.3, -0.25) is 4.90 Å². The highest BCUT2D eigenvalue weighted by Gasteiger charge is 2.35. The number of piperazine rings is 1. The number of nitrogens with one attached hydrogen (secondary N) is 1. The van der Waals surface area contributed by atoms with Crippen LogP contribution in [0.2, 0.25) is 0 Å². The minimum atomic E-state index is -0.134. The molecule has 3 heteroatoms. The second kappa shape index (κ2) is 6.04. The molecule has 3 nitrogen and oxygen atoms in total. The maximum absolute atomic E-state index is 9.78. The van der Waals surface area contributed by atoms with Crippen LogP contribution in [0.3, 0.4) is 0 Å². The van der Waals surface area contributed by atoms with Crippen molar-refractivity contribution in [1.29, 1.82) is 0 Å². The Morgan fingerprint density at radius 3 is 2.58 bits per heavy atom. The van der Waals surface area contributed by atoms with E-state index in [9.17, 15) is 5.11 Å². The first-order valence-corrected chi connectivity index (χ1v) is 7.17. The molecular weight excluding hydrogens is 236 g/mol. The van der Waals surface area contributed by atoms with E-state index in [4.69, 9.17) is 0 Å². The van der Waals surface area contributed by atoms with Crippen LogP contribution in [0.4, 0.5) is 0 Å². The number of rotatable bonds is 4. The van der Waals surface area contributed by atoms with E-state index in [0.29, 0.717) is 0 Å². The fourth-order valence-corrected chi connectivity index (χ4v) is 3.02. The van der Waals surface area contributed by atoms with Gasteiger partial charge in [-0.05, 0) is 12.5 Å². The number of hydrogen-bond donors (Lipinski definition) is 2. The predicted octanol–water partition coefficient (Wildman–Crippen LogP) is 1.96. The Bertz CT molecular complexity index is 411. The maximum Gasteiger partial charge on any atom is 0.0500 e. The van der Waals surface area contributed by atoms with Crippen LogP contribution in [0.1, 0.15) is 31.0 Å². The number of benzene rings is 1. The van der Waals surface area contributed by atoms with Crippen molar-refractivity contribution in [3.8, 4) is 0 Å². The Morgan fingerprint density at radius 1 is 1.32 bits per heavy atom. The molecule has 1 aromatic rings. The average Bonchev–Trinajstić information content (AvgIpc) is 2.40. The molecule has 1 saturated heterocycles. The zero-order valence-corrected chi connectivity index (χ0v) is 12.3. The molecule has 0 saturated carbocycles. The van der Waals surface area contributed by atoms with Gasteiger partial charge in [-0.1, -0.05) is 43.7 Å². The fraction of sp³-hybridized carbons (Fsp3) is 0.625. The van der Waals surface area contributed by atoms with Crippen LogP contribution in [0.25, 0.3) is 0 Å². The van der Waals surface area contributed by atoms with Crippen molar-refractivity contribution in [3.63, 3.8) is 0 Å². The lowest BCUT2D eigenvalue weighted by molar-refractivity contribution is 0.0305. The second-order valence-electron chi connectivity index (χ2n) is 6.25. The third-order valence-corrected chi connectivity index (χ3v) is 4.02. The van der Waals surface area contributed by atoms with Gasteiger partial charge in [0.25, 0.3) is 0 Å². The Balaban J connectivity index is 2.33. The normalized spacial score (nSPS) is 19.4. The smallest absolute Gasteiger partial charge is 0.0500 e. The van der Waals surface area contributed by atoms with Crippen molar-refractivity contribution in [1.82, 2.24) is 10.2 Å². The quantitative estimate of drug-likeness (QED) is 0.871. The van der Waals surface area contributed by atoms with Crippen LogP contribution >= 0.6 is 0 Å². The standard InChI is InChI=1S/C16H26N2O/c1-13-5-4-6-14(11-13)15(16(2,3)12-19)18-9-7-17-8-10-18/h4-6,11,15,17,19H,7-10,12H2,1-3H3/t15-/m0/s1. The van der Waals surface area contributed by atoms with E-state index in [2.05, 4.69) is 55.3 Å². The van der Waals surface area contributed by atoms with Crippen molar-refractivity contribution < 1.29 is 5.11 Å². The van der Waals surface area contributed by atoms with Gasteiger partial charge in [0, 0.05) is 44.2 Å². The summed E-state index contributed by atoms with van der Waals surface area (Å²) >= 11 is 0. The molecule has 0 spiro atoms. The molecule has 0 aliphatic carbocycles. The maximum atomic E-state index is 9.78. The fourth-order valence-electron chi connectivity index (χ4n) is 3.02. The van der Waals surface area contributed by atoms with Gasteiger partial charge in [0.1, 0.15) is 0 Å². The molecule has 1 aromatic carbocycles. The molecule has 0 radical (unpaired) electrons. The van der Waals surface area contributed by atoms with E-state index in [1.54, 1.807) is 0 Å². The Morgan fingerprint density at radius 2 is 2.00 bits per heavy atom. The van der Waals surface area contributed by atoms with Crippen molar-refractivity contribution >= 4 is 0 Å². The highest BCUT2D eigenvalue weighted by molar-refractivity contribution is 5.27. The molecule has 0 bridgehead atoms. The minimum Gasteiger partial charge on any atom is -0.396 e. The largest absolute Gasteiger partial charge is 0.396 e. The zero-order chi connectivity index (χ0) is 13.9. The summed E-state index contributed by atoms with van der Waals surface area (Å²) in [6.45, 7) is 10.8. The van der Waals surface area contributed by atoms with Crippen molar-refractivity contribution in [2.24, 2.45) is 5.41 Å². The first-order chi connectivity index (χ1) is 9.04. The molecule has 2 N–H and O–H groups in total. The van der Waals surface area contributed by atoms with E-state index < -0.39 is 0 Å². The summed E-state index contributed by atoms with van der Waals surface area (Å²) in [5.41, 5.74) is 2.47. The molecule has 1 aliphatic rings. The van der Waals surface area contributed by atoms with Gasteiger partial charge in [-0.2, -0.15) is 0 Å². The monoisotopic (exact) mass is 262 g/mol. The van der Waals surface area contributed by atoms with Crippen LogP contribution in [0.5, 0.6) is 0 Å². The van der Waals surface area contributed by atoms with Crippen molar-refractivity contribution in [2.45, 2.75) is 26.8 Å². The van der Waals surface area contributed by atoms with Crippen LogP contribution in [-0.2, 0) is 0 Å². The summed E-state index contributed by atoms with van der Waals surface area (Å²) in [7, 11) is 0. The lowest BCUT2D eigenvalue weighted by Crippen LogP contribution is -2.49. The molecule has 1 atom stereocenters. The minimum absolute atomic E-state index is 0.134. The van der Waals surface area contributed by atoms with Crippen LogP contribution in [0.15, 0.2) is 24.3 Å². The molecule has 1 heterocycles. The highest BCUT2D eigenvalue weighted by atomic mass is 16.3. The van der Waals surface area contributed by atoms with Gasteiger partial charge in [0.05, 0.1) is 0 Å². The zero-order valence-electron chi connectivity index (χ0n) is 12.3. The third kappa shape index (κ3) is 3.35. The van der Waals surface area contributed by atoms with E-state index in [1.807, 2.05) is 0 Å². The molecule has 0 amide bonds. The second-order valence-corrected chi connectivity index (χ2v) is 6.25. The Kier molecular flexibility index (Phi) is 4.61. The van der Waals surface area contributed by atoms with Crippen LogP contribution < -0.4 is 5.32 Å². The van der Waals surface area contributed by atoms with Gasteiger partial charge < -0.3 is 10.4 Å². The molecule has 1 aliphatic heterocycles. The lowest BCUT2D eigenvalue weighted by atomic mass is 9.79. The molecule has 0 aromatic heterocycles. The van der Waals surface area contributed by atoms with E-state index in [-0.39, 0.29) is 18.1 Å². The number of hydrogen-bond acceptors (Lipinski definition) is 3. The van der Waals surface area contributed by atoms with Crippen LogP contribution in [0, 0.1) is 12.3 Å².